The Hall–Kier alpha value is -2.04. The van der Waals surface area contributed by atoms with E-state index in [0.717, 1.165) is 11.1 Å². The molecule has 1 aromatic rings. The number of likely N-dealkylation sites (N-methyl/N-ethyl adjacent to an activating group) is 1. The van der Waals surface area contributed by atoms with Crippen molar-refractivity contribution in [1.29, 1.82) is 0 Å². The first-order valence-electron chi connectivity index (χ1n) is 6.36. The van der Waals surface area contributed by atoms with Crippen molar-refractivity contribution in [2.45, 2.75) is 26.7 Å². The van der Waals surface area contributed by atoms with Crippen LogP contribution in [0.15, 0.2) is 29.4 Å². The van der Waals surface area contributed by atoms with E-state index in [2.05, 4.69) is 5.16 Å². The summed E-state index contributed by atoms with van der Waals surface area (Å²) in [6, 6.07) is 7.91. The molecular formula is C14H21N3O2. The molecule has 0 atom stereocenters. The highest BCUT2D eigenvalue weighted by Crippen LogP contribution is 2.07. The van der Waals surface area contributed by atoms with Gasteiger partial charge in [-0.1, -0.05) is 35.0 Å². The number of carbonyl (C=O) groups excluding carboxylic acids is 1. The van der Waals surface area contributed by atoms with Gasteiger partial charge in [-0.3, -0.25) is 4.79 Å². The first-order chi connectivity index (χ1) is 9.06. The number of amides is 1. The molecule has 0 bridgehead atoms. The summed E-state index contributed by atoms with van der Waals surface area (Å²) in [4.78, 5) is 13.8. The fourth-order valence-corrected chi connectivity index (χ4v) is 1.87. The van der Waals surface area contributed by atoms with Gasteiger partial charge in [-0.25, -0.2) is 0 Å². The summed E-state index contributed by atoms with van der Waals surface area (Å²) in [5, 5.41) is 11.4. The summed E-state index contributed by atoms with van der Waals surface area (Å²) >= 11 is 0. The summed E-state index contributed by atoms with van der Waals surface area (Å²) < 4.78 is 0. The number of rotatable bonds is 6. The molecular weight excluding hydrogens is 242 g/mol. The number of nitrogens with two attached hydrogens (primary N) is 1. The molecule has 0 saturated carbocycles. The van der Waals surface area contributed by atoms with Gasteiger partial charge in [-0.15, -0.1) is 0 Å². The number of carbonyl (C=O) groups is 1. The van der Waals surface area contributed by atoms with E-state index in [1.165, 1.54) is 0 Å². The highest BCUT2D eigenvalue weighted by atomic mass is 16.4. The smallest absolute Gasteiger partial charge is 0.226 e. The molecule has 0 spiro atoms. The van der Waals surface area contributed by atoms with Crippen molar-refractivity contribution < 1.29 is 10.0 Å². The molecule has 0 aliphatic heterocycles. The van der Waals surface area contributed by atoms with E-state index in [1.807, 2.05) is 38.1 Å². The Bertz CT molecular complexity index is 458. The van der Waals surface area contributed by atoms with Crippen molar-refractivity contribution in [3.05, 3.63) is 35.4 Å². The fraction of sp³-hybridized carbons (Fsp3) is 0.429. The van der Waals surface area contributed by atoms with E-state index < -0.39 is 0 Å². The molecule has 1 aromatic carbocycles. The van der Waals surface area contributed by atoms with Gasteiger partial charge in [0.2, 0.25) is 5.91 Å². The first-order valence-corrected chi connectivity index (χ1v) is 6.36. The third kappa shape index (κ3) is 4.99. The third-order valence-corrected chi connectivity index (χ3v) is 2.94. The Balaban J connectivity index is 2.59. The zero-order chi connectivity index (χ0) is 14.3. The van der Waals surface area contributed by atoms with Gasteiger partial charge in [-0.05, 0) is 19.4 Å². The third-order valence-electron chi connectivity index (χ3n) is 2.94. The lowest BCUT2D eigenvalue weighted by molar-refractivity contribution is -0.130. The van der Waals surface area contributed by atoms with Gasteiger partial charge < -0.3 is 15.8 Å². The van der Waals surface area contributed by atoms with E-state index in [1.54, 1.807) is 4.90 Å². The van der Waals surface area contributed by atoms with Crippen LogP contribution in [0.5, 0.6) is 0 Å². The molecule has 0 radical (unpaired) electrons. The number of benzene rings is 1. The number of amidine groups is 1. The minimum absolute atomic E-state index is 0.0545. The molecule has 3 N–H and O–H groups in total. The monoisotopic (exact) mass is 263 g/mol. The molecule has 1 amide bonds. The maximum atomic E-state index is 12.1. The average molecular weight is 263 g/mol. The molecule has 0 aliphatic rings. The molecule has 1 rings (SSSR count). The second-order valence-corrected chi connectivity index (χ2v) is 4.48. The normalized spacial score (nSPS) is 11.4. The van der Waals surface area contributed by atoms with Crippen molar-refractivity contribution in [2.75, 3.05) is 13.1 Å². The van der Waals surface area contributed by atoms with Crippen molar-refractivity contribution in [3.63, 3.8) is 0 Å². The maximum Gasteiger partial charge on any atom is 0.226 e. The maximum absolute atomic E-state index is 12.1. The van der Waals surface area contributed by atoms with E-state index in [0.29, 0.717) is 25.9 Å². The van der Waals surface area contributed by atoms with Crippen LogP contribution in [0.1, 0.15) is 24.5 Å². The van der Waals surface area contributed by atoms with Gasteiger partial charge >= 0.3 is 0 Å². The minimum atomic E-state index is 0.0545. The predicted molar refractivity (Wildman–Crippen MR) is 75.2 cm³/mol. The lowest BCUT2D eigenvalue weighted by atomic mass is 10.1. The van der Waals surface area contributed by atoms with Crippen molar-refractivity contribution in [1.82, 2.24) is 4.90 Å². The molecule has 19 heavy (non-hydrogen) atoms. The topological polar surface area (TPSA) is 78.9 Å². The Morgan fingerprint density at radius 3 is 2.79 bits per heavy atom. The molecule has 0 heterocycles. The number of aryl methyl sites for hydroxylation is 1. The highest BCUT2D eigenvalue weighted by Gasteiger charge is 2.12. The van der Waals surface area contributed by atoms with Crippen LogP contribution in [0.25, 0.3) is 0 Å². The molecule has 0 aliphatic carbocycles. The zero-order valence-corrected chi connectivity index (χ0v) is 11.5. The van der Waals surface area contributed by atoms with Gasteiger partial charge in [0.25, 0.3) is 0 Å². The lowest BCUT2D eigenvalue weighted by Crippen LogP contribution is -2.35. The van der Waals surface area contributed by atoms with E-state index >= 15 is 0 Å². The highest BCUT2D eigenvalue weighted by molar-refractivity contribution is 5.82. The second kappa shape index (κ2) is 7.41. The van der Waals surface area contributed by atoms with Gasteiger partial charge in [0, 0.05) is 19.5 Å². The Morgan fingerprint density at radius 2 is 2.21 bits per heavy atom. The molecule has 0 aromatic heterocycles. The number of nitrogens with zero attached hydrogens (tertiary/aromatic N) is 2. The van der Waals surface area contributed by atoms with Crippen molar-refractivity contribution in [2.24, 2.45) is 10.9 Å². The van der Waals surface area contributed by atoms with Gasteiger partial charge in [-0.2, -0.15) is 0 Å². The predicted octanol–water partition coefficient (Wildman–Crippen LogP) is 1.52. The quantitative estimate of drug-likeness (QED) is 0.353. The number of hydrogen-bond donors (Lipinski definition) is 2. The number of hydrogen-bond acceptors (Lipinski definition) is 3. The summed E-state index contributed by atoms with van der Waals surface area (Å²) in [5.41, 5.74) is 7.56. The van der Waals surface area contributed by atoms with Crippen LogP contribution in [0.4, 0.5) is 0 Å². The SMILES string of the molecule is CCN(CC/C(N)=N/O)C(=O)Cc1cccc(C)c1. The summed E-state index contributed by atoms with van der Waals surface area (Å²) in [7, 11) is 0. The fourth-order valence-electron chi connectivity index (χ4n) is 1.87. The van der Waals surface area contributed by atoms with Crippen LogP contribution in [0.3, 0.4) is 0 Å². The van der Waals surface area contributed by atoms with E-state index in [4.69, 9.17) is 10.9 Å². The first kappa shape index (κ1) is 15.0. The standard InChI is InChI=1S/C14H21N3O2/c1-3-17(8-7-13(15)16-19)14(18)10-12-6-4-5-11(2)9-12/h4-6,9,19H,3,7-8,10H2,1-2H3,(H2,15,16). The van der Waals surface area contributed by atoms with Crippen LogP contribution in [-0.2, 0) is 11.2 Å². The number of oxime groups is 1. The lowest BCUT2D eigenvalue weighted by Gasteiger charge is -2.20. The summed E-state index contributed by atoms with van der Waals surface area (Å²) in [6.45, 7) is 5.00. The summed E-state index contributed by atoms with van der Waals surface area (Å²) in [5.74, 6) is 0.195. The van der Waals surface area contributed by atoms with Crippen LogP contribution >= 0.6 is 0 Å². The molecule has 5 heteroatoms. The van der Waals surface area contributed by atoms with Gasteiger partial charge in [0.1, 0.15) is 5.84 Å². The average Bonchev–Trinajstić information content (AvgIpc) is 2.39. The Morgan fingerprint density at radius 1 is 1.47 bits per heavy atom. The largest absolute Gasteiger partial charge is 0.409 e. The minimum Gasteiger partial charge on any atom is -0.409 e. The van der Waals surface area contributed by atoms with Gasteiger partial charge in [0.15, 0.2) is 0 Å². The van der Waals surface area contributed by atoms with E-state index in [-0.39, 0.29) is 11.7 Å². The van der Waals surface area contributed by atoms with E-state index in [9.17, 15) is 4.79 Å². The Labute approximate surface area is 113 Å². The second-order valence-electron chi connectivity index (χ2n) is 4.48. The molecule has 0 saturated heterocycles. The van der Waals surface area contributed by atoms with Crippen LogP contribution in [-0.4, -0.2) is 34.9 Å². The van der Waals surface area contributed by atoms with Crippen molar-refractivity contribution >= 4 is 11.7 Å². The molecule has 104 valence electrons. The Kier molecular flexibility index (Phi) is 5.85. The van der Waals surface area contributed by atoms with Crippen molar-refractivity contribution in [3.8, 4) is 0 Å². The molecule has 0 fully saturated rings. The van der Waals surface area contributed by atoms with Crippen LogP contribution in [0.2, 0.25) is 0 Å². The molecule has 0 unspecified atom stereocenters. The summed E-state index contributed by atoms with van der Waals surface area (Å²) in [6.07, 6.45) is 0.760. The molecule has 5 nitrogen and oxygen atoms in total. The van der Waals surface area contributed by atoms with Crippen LogP contribution < -0.4 is 5.73 Å². The van der Waals surface area contributed by atoms with Crippen LogP contribution in [0, 0.1) is 6.92 Å². The zero-order valence-electron chi connectivity index (χ0n) is 11.5. The van der Waals surface area contributed by atoms with Gasteiger partial charge in [0.05, 0.1) is 6.42 Å².